The molecule has 0 saturated heterocycles. The molecule has 3 rings (SSSR count). The van der Waals surface area contributed by atoms with Gasteiger partial charge in [-0.1, -0.05) is 70.5 Å². The van der Waals surface area contributed by atoms with E-state index >= 15 is 0 Å². The van der Waals surface area contributed by atoms with E-state index in [0.717, 1.165) is 16.3 Å². The van der Waals surface area contributed by atoms with Crippen molar-refractivity contribution in [3.8, 4) is 11.1 Å². The van der Waals surface area contributed by atoms with Gasteiger partial charge >= 0.3 is 0 Å². The Balaban J connectivity index is 2.44. The predicted molar refractivity (Wildman–Crippen MR) is 77.1 cm³/mol. The topological polar surface area (TPSA) is 0 Å². The van der Waals surface area contributed by atoms with Gasteiger partial charge in [-0.2, -0.15) is 0 Å². The highest BCUT2D eigenvalue weighted by Crippen LogP contribution is 2.29. The van der Waals surface area contributed by atoms with Crippen LogP contribution in [-0.2, 0) is 0 Å². The second-order valence-electron chi connectivity index (χ2n) is 3.72. The van der Waals surface area contributed by atoms with Gasteiger partial charge in [-0.3, -0.25) is 0 Å². The van der Waals surface area contributed by atoms with Crippen LogP contribution in [0.15, 0.2) is 71.1 Å². The number of hydrogen-bond acceptors (Lipinski definition) is 0. The van der Waals surface area contributed by atoms with Gasteiger partial charge in [0.25, 0.3) is 0 Å². The molecule has 0 spiro atoms. The van der Waals surface area contributed by atoms with Crippen LogP contribution in [0.25, 0.3) is 21.9 Å². The predicted octanol–water partition coefficient (Wildman–Crippen LogP) is 5.27. The number of benzene rings is 3. The van der Waals surface area contributed by atoms with Gasteiger partial charge in [-0.05, 0) is 34.0 Å². The summed E-state index contributed by atoms with van der Waals surface area (Å²) >= 11 is 3.12. The van der Waals surface area contributed by atoms with E-state index < -0.39 is 0 Å². The molecule has 0 nitrogen and oxygen atoms in total. The van der Waals surface area contributed by atoms with Gasteiger partial charge in [0.1, 0.15) is 0 Å². The molecule has 0 amide bonds. The molecular formula is C16H11Br. The Kier molecular flexibility index (Phi) is 1.78. The zero-order chi connectivity index (χ0) is 15.1. The largest absolute Gasteiger partial charge is 0.0635 e. The quantitative estimate of drug-likeness (QED) is 0.572. The summed E-state index contributed by atoms with van der Waals surface area (Å²) in [6.07, 6.45) is 0. The molecule has 0 atom stereocenters. The molecule has 0 aliphatic rings. The SMILES string of the molecule is [2H]c1c([2H])c(-c2cccc3ccccc23)c([2H])c([2H])c1Br. The van der Waals surface area contributed by atoms with Crippen LogP contribution in [0.4, 0.5) is 0 Å². The lowest BCUT2D eigenvalue weighted by molar-refractivity contribution is 1.62. The highest BCUT2D eigenvalue weighted by Gasteiger charge is 2.02. The van der Waals surface area contributed by atoms with E-state index in [0.29, 0.717) is 5.56 Å². The van der Waals surface area contributed by atoms with E-state index in [9.17, 15) is 0 Å². The summed E-state index contributed by atoms with van der Waals surface area (Å²) in [6, 6.07) is 13.2. The van der Waals surface area contributed by atoms with Crippen LogP contribution in [0.1, 0.15) is 5.48 Å². The van der Waals surface area contributed by atoms with Crippen LogP contribution in [0.2, 0.25) is 0 Å². The van der Waals surface area contributed by atoms with Crippen molar-refractivity contribution in [3.05, 3.63) is 71.1 Å². The molecule has 82 valence electrons. The Morgan fingerprint density at radius 2 is 1.53 bits per heavy atom. The Morgan fingerprint density at radius 1 is 0.824 bits per heavy atom. The Bertz CT molecular complexity index is 824. The van der Waals surface area contributed by atoms with Crippen molar-refractivity contribution in [1.82, 2.24) is 0 Å². The molecule has 0 aliphatic carbocycles. The molecule has 3 aromatic rings. The third-order valence-electron chi connectivity index (χ3n) is 2.65. The van der Waals surface area contributed by atoms with Crippen LogP contribution in [0, 0.1) is 0 Å². The zero-order valence-corrected chi connectivity index (χ0v) is 10.5. The van der Waals surface area contributed by atoms with Crippen molar-refractivity contribution in [2.75, 3.05) is 0 Å². The second-order valence-corrected chi connectivity index (χ2v) is 4.51. The van der Waals surface area contributed by atoms with E-state index in [1.165, 1.54) is 0 Å². The van der Waals surface area contributed by atoms with Gasteiger partial charge in [0.15, 0.2) is 0 Å². The molecule has 0 aliphatic heterocycles. The maximum atomic E-state index is 8.17. The molecule has 0 heterocycles. The second kappa shape index (κ2) is 4.34. The summed E-state index contributed by atoms with van der Waals surface area (Å²) in [5, 5.41) is 1.93. The van der Waals surface area contributed by atoms with Gasteiger partial charge in [0, 0.05) is 4.47 Å². The highest BCUT2D eigenvalue weighted by atomic mass is 79.9. The van der Waals surface area contributed by atoms with E-state index in [4.69, 9.17) is 5.48 Å². The molecule has 0 fully saturated rings. The number of rotatable bonds is 1. The molecule has 0 saturated carbocycles. The minimum Gasteiger partial charge on any atom is -0.0616 e. The van der Waals surface area contributed by atoms with Crippen molar-refractivity contribution >= 4 is 26.7 Å². The molecule has 0 unspecified atom stereocenters. The van der Waals surface area contributed by atoms with Gasteiger partial charge in [0.2, 0.25) is 0 Å². The third-order valence-corrected chi connectivity index (χ3v) is 3.05. The van der Waals surface area contributed by atoms with Crippen LogP contribution in [0.3, 0.4) is 0 Å². The number of hydrogen-bond donors (Lipinski definition) is 0. The maximum Gasteiger partial charge on any atom is 0.0635 e. The normalized spacial score (nSPS) is 13.9. The monoisotopic (exact) mass is 286 g/mol. The fourth-order valence-corrected chi connectivity index (χ4v) is 2.07. The van der Waals surface area contributed by atoms with Crippen LogP contribution in [-0.4, -0.2) is 0 Å². The van der Waals surface area contributed by atoms with Gasteiger partial charge < -0.3 is 0 Å². The molecule has 17 heavy (non-hydrogen) atoms. The molecule has 0 aromatic heterocycles. The summed E-state index contributed by atoms with van der Waals surface area (Å²) in [4.78, 5) is 0. The minimum absolute atomic E-state index is 0.0285. The lowest BCUT2D eigenvalue weighted by Gasteiger charge is -2.06. The van der Waals surface area contributed by atoms with Crippen molar-refractivity contribution in [3.63, 3.8) is 0 Å². The lowest BCUT2D eigenvalue weighted by Crippen LogP contribution is -1.80. The fraction of sp³-hybridized carbons (Fsp3) is 0. The minimum atomic E-state index is -0.0565. The van der Waals surface area contributed by atoms with E-state index in [-0.39, 0.29) is 28.6 Å². The van der Waals surface area contributed by atoms with Gasteiger partial charge in [-0.15, -0.1) is 0 Å². The molecule has 0 N–H and O–H groups in total. The first-order valence-electron chi connectivity index (χ1n) is 7.26. The fourth-order valence-electron chi connectivity index (χ4n) is 1.88. The first kappa shape index (κ1) is 6.97. The average molecular weight is 287 g/mol. The lowest BCUT2D eigenvalue weighted by atomic mass is 9.98. The summed E-state index contributed by atoms with van der Waals surface area (Å²) in [6.45, 7) is 0. The summed E-state index contributed by atoms with van der Waals surface area (Å²) < 4.78 is 32.4. The smallest absolute Gasteiger partial charge is 0.0616 e. The molecular weight excluding hydrogens is 272 g/mol. The molecule has 0 radical (unpaired) electrons. The van der Waals surface area contributed by atoms with Gasteiger partial charge in [0.05, 0.1) is 5.48 Å². The average Bonchev–Trinajstić information content (AvgIpc) is 2.51. The third kappa shape index (κ3) is 1.98. The van der Waals surface area contributed by atoms with Crippen LogP contribution < -0.4 is 0 Å². The molecule has 3 aromatic carbocycles. The van der Waals surface area contributed by atoms with Crippen LogP contribution in [0.5, 0.6) is 0 Å². The van der Waals surface area contributed by atoms with E-state index in [1.807, 2.05) is 42.5 Å². The Morgan fingerprint density at radius 3 is 2.35 bits per heavy atom. The summed E-state index contributed by atoms with van der Waals surface area (Å²) in [5.74, 6) is 0. The maximum absolute atomic E-state index is 8.17. The standard InChI is InChI=1S/C16H11Br/c17-14-10-8-13(9-11-14)16-7-3-5-12-4-1-2-6-15(12)16/h1-11H/i8D,9D,10D,11D. The first-order valence-corrected chi connectivity index (χ1v) is 6.05. The Hall–Kier alpha value is -1.60. The number of fused-ring (bicyclic) bond motifs is 1. The highest BCUT2D eigenvalue weighted by molar-refractivity contribution is 9.10. The number of halogens is 1. The van der Waals surface area contributed by atoms with Crippen LogP contribution >= 0.6 is 15.9 Å². The van der Waals surface area contributed by atoms with E-state index in [2.05, 4.69) is 15.9 Å². The van der Waals surface area contributed by atoms with Crippen molar-refractivity contribution in [2.24, 2.45) is 0 Å². The van der Waals surface area contributed by atoms with E-state index in [1.54, 1.807) is 0 Å². The van der Waals surface area contributed by atoms with Crippen molar-refractivity contribution in [2.45, 2.75) is 0 Å². The van der Waals surface area contributed by atoms with Crippen molar-refractivity contribution < 1.29 is 5.48 Å². The zero-order valence-electron chi connectivity index (χ0n) is 12.9. The Labute approximate surface area is 115 Å². The summed E-state index contributed by atoms with van der Waals surface area (Å²) in [7, 11) is 0. The van der Waals surface area contributed by atoms with Crippen molar-refractivity contribution in [1.29, 1.82) is 0 Å². The molecule has 0 bridgehead atoms. The van der Waals surface area contributed by atoms with Gasteiger partial charge in [-0.25, -0.2) is 0 Å². The summed E-state index contributed by atoms with van der Waals surface area (Å²) in [5.41, 5.74) is 1.06. The first-order chi connectivity index (χ1) is 10.0. The molecule has 1 heteroatoms.